The maximum Gasteiger partial charge on any atom is 0.211 e. The Balaban J connectivity index is 0.000000187. The van der Waals surface area contributed by atoms with E-state index in [1.165, 1.54) is 53.7 Å². The van der Waals surface area contributed by atoms with Crippen LogP contribution in [0.4, 0.5) is 0 Å². The monoisotopic (exact) mass is 172 g/mol. The van der Waals surface area contributed by atoms with Crippen molar-refractivity contribution in [3.8, 4) is 0 Å². The third kappa shape index (κ3) is 10.5. The molecule has 66 valence electrons. The Hall–Kier alpha value is 0.492. The minimum Gasteiger partial charge on any atom is -0.381 e. The predicted octanol–water partition coefficient (Wildman–Crippen LogP) is 2.02. The zero-order chi connectivity index (χ0) is 8.36. The summed E-state index contributed by atoms with van der Waals surface area (Å²) in [6.45, 7) is 4.23. The summed E-state index contributed by atoms with van der Waals surface area (Å²) in [5.74, 6) is 0. The molecule has 0 N–H and O–H groups in total. The van der Waals surface area contributed by atoms with Gasteiger partial charge in [-0.1, -0.05) is 19.8 Å². The molecular weight excluding hydrogens is 151 g/mol. The van der Waals surface area contributed by atoms with Crippen LogP contribution >= 0.6 is 0 Å². The van der Waals surface area contributed by atoms with Gasteiger partial charge in [0, 0.05) is 13.2 Å². The Morgan fingerprint density at radius 2 is 1.82 bits per heavy atom. The summed E-state index contributed by atoms with van der Waals surface area (Å²) >= 11 is 1.40. The van der Waals surface area contributed by atoms with Crippen molar-refractivity contribution in [2.45, 2.75) is 44.3 Å². The van der Waals surface area contributed by atoms with Crippen molar-refractivity contribution >= 4 is 16.3 Å². The fourth-order valence-electron chi connectivity index (χ4n) is 1.04. The maximum absolute atomic E-state index is 5.07. The average Bonchev–Trinajstić information content (AvgIpc) is 2.10. The normalized spacial score (nSPS) is 16.8. The van der Waals surface area contributed by atoms with Gasteiger partial charge in [-0.15, -0.1) is 5.28 Å². The zero-order valence-electron chi connectivity index (χ0n) is 8.07. The molecule has 0 saturated carbocycles. The van der Waals surface area contributed by atoms with Crippen LogP contribution in [-0.2, 0) is 4.74 Å². The van der Waals surface area contributed by atoms with Gasteiger partial charge in [0.1, 0.15) is 0 Å². The largest absolute Gasteiger partial charge is 0.381 e. The Morgan fingerprint density at radius 1 is 1.18 bits per heavy atom. The molecule has 1 saturated heterocycles. The quantitative estimate of drug-likeness (QED) is 0.579. The van der Waals surface area contributed by atoms with Crippen LogP contribution in [0.2, 0.25) is 5.28 Å². The third-order valence-corrected chi connectivity index (χ3v) is 2.49. The molecule has 0 radical (unpaired) electrons. The van der Waals surface area contributed by atoms with Gasteiger partial charge in [-0.05, 0) is 19.3 Å². The van der Waals surface area contributed by atoms with Crippen LogP contribution in [0.25, 0.3) is 0 Å². The first kappa shape index (κ1) is 11.5. The molecule has 2 heteroatoms. The van der Waals surface area contributed by atoms with Gasteiger partial charge in [0.25, 0.3) is 0 Å². The average molecular weight is 172 g/mol. The van der Waals surface area contributed by atoms with Crippen LogP contribution in [0.3, 0.4) is 0 Å². The highest BCUT2D eigenvalue weighted by Crippen LogP contribution is 2.02. The number of rotatable bonds is 2. The second kappa shape index (κ2) is 10.5. The SMILES string of the molecule is C1CCOCC1.CCC[CH2][AlH2]. The molecule has 0 aliphatic carbocycles. The fraction of sp³-hybridized carbons (Fsp3) is 1.00. The second-order valence-electron chi connectivity index (χ2n) is 3.03. The van der Waals surface area contributed by atoms with Gasteiger partial charge in [0.05, 0.1) is 0 Å². The molecule has 0 aromatic rings. The van der Waals surface area contributed by atoms with Gasteiger partial charge < -0.3 is 4.74 Å². The van der Waals surface area contributed by atoms with E-state index in [-0.39, 0.29) is 0 Å². The van der Waals surface area contributed by atoms with Crippen molar-refractivity contribution in [3.63, 3.8) is 0 Å². The molecule has 0 aromatic carbocycles. The first-order chi connectivity index (χ1) is 5.41. The van der Waals surface area contributed by atoms with E-state index in [0.717, 1.165) is 13.2 Å². The molecular formula is C9H21AlO. The molecule has 1 aliphatic heterocycles. The summed E-state index contributed by atoms with van der Waals surface area (Å²) in [6, 6.07) is 0. The van der Waals surface area contributed by atoms with Crippen LogP contribution < -0.4 is 0 Å². The first-order valence-corrected chi connectivity index (χ1v) is 6.41. The topological polar surface area (TPSA) is 9.23 Å². The van der Waals surface area contributed by atoms with Crippen molar-refractivity contribution in [1.82, 2.24) is 0 Å². The van der Waals surface area contributed by atoms with Gasteiger partial charge in [0.2, 0.25) is 16.3 Å². The molecule has 0 bridgehead atoms. The fourth-order valence-corrected chi connectivity index (χ4v) is 1.75. The Kier molecular flexibility index (Phi) is 11.0. The first-order valence-electron chi connectivity index (χ1n) is 4.99. The Morgan fingerprint density at radius 3 is 1.91 bits per heavy atom. The number of ether oxygens (including phenoxy) is 1. The second-order valence-corrected chi connectivity index (χ2v) is 4.03. The van der Waals surface area contributed by atoms with E-state index in [1.807, 2.05) is 0 Å². The molecule has 0 unspecified atom stereocenters. The summed E-state index contributed by atoms with van der Waals surface area (Å²) in [4.78, 5) is 0. The Labute approximate surface area is 78.9 Å². The van der Waals surface area contributed by atoms with E-state index in [4.69, 9.17) is 4.74 Å². The summed E-state index contributed by atoms with van der Waals surface area (Å²) in [7, 11) is 0. The smallest absolute Gasteiger partial charge is 0.211 e. The molecule has 1 heterocycles. The van der Waals surface area contributed by atoms with Gasteiger partial charge in [-0.25, -0.2) is 0 Å². The van der Waals surface area contributed by atoms with Gasteiger partial charge in [-0.3, -0.25) is 0 Å². The highest BCUT2D eigenvalue weighted by molar-refractivity contribution is 6.08. The Bertz CT molecular complexity index is 49.1. The highest BCUT2D eigenvalue weighted by Gasteiger charge is 1.94. The molecule has 0 atom stereocenters. The van der Waals surface area contributed by atoms with E-state index in [1.54, 1.807) is 0 Å². The zero-order valence-corrected chi connectivity index (χ0v) is 10.1. The lowest BCUT2D eigenvalue weighted by Crippen LogP contribution is -2.03. The standard InChI is InChI=1S/C5H10O.C4H9.Al.2H/c1-2-4-6-5-3-1;1-3-4-2;;;/h1-5H2;1,3-4H2,2H3;;;. The van der Waals surface area contributed by atoms with E-state index in [2.05, 4.69) is 6.92 Å². The summed E-state index contributed by atoms with van der Waals surface area (Å²) in [5, 5.41) is 1.48. The van der Waals surface area contributed by atoms with Gasteiger partial charge >= 0.3 is 0 Å². The lowest BCUT2D eigenvalue weighted by atomic mass is 10.2. The molecule has 1 aliphatic rings. The lowest BCUT2D eigenvalue weighted by Gasteiger charge is -2.08. The highest BCUT2D eigenvalue weighted by atomic mass is 27.0. The molecule has 0 spiro atoms. The van der Waals surface area contributed by atoms with Crippen LogP contribution in [0.15, 0.2) is 0 Å². The van der Waals surface area contributed by atoms with Crippen molar-refractivity contribution < 1.29 is 4.74 Å². The third-order valence-electron chi connectivity index (χ3n) is 1.78. The summed E-state index contributed by atoms with van der Waals surface area (Å²) < 4.78 is 5.07. The number of hydrogen-bond donors (Lipinski definition) is 0. The predicted molar refractivity (Wildman–Crippen MR) is 52.9 cm³/mol. The summed E-state index contributed by atoms with van der Waals surface area (Å²) in [6.07, 6.45) is 6.76. The van der Waals surface area contributed by atoms with Crippen LogP contribution in [0.5, 0.6) is 0 Å². The van der Waals surface area contributed by atoms with Crippen molar-refractivity contribution in [2.75, 3.05) is 13.2 Å². The van der Waals surface area contributed by atoms with E-state index in [0.29, 0.717) is 0 Å². The molecule has 1 fully saturated rings. The molecule has 1 rings (SSSR count). The lowest BCUT2D eigenvalue weighted by molar-refractivity contribution is 0.0968. The van der Waals surface area contributed by atoms with Crippen molar-refractivity contribution in [2.24, 2.45) is 0 Å². The van der Waals surface area contributed by atoms with Gasteiger partial charge in [0.15, 0.2) is 0 Å². The van der Waals surface area contributed by atoms with E-state index in [9.17, 15) is 0 Å². The molecule has 1 nitrogen and oxygen atoms in total. The molecule has 11 heavy (non-hydrogen) atoms. The minimum absolute atomic E-state index is 1.00. The molecule has 0 amide bonds. The van der Waals surface area contributed by atoms with E-state index >= 15 is 0 Å². The van der Waals surface area contributed by atoms with Crippen LogP contribution in [0.1, 0.15) is 39.0 Å². The van der Waals surface area contributed by atoms with Crippen molar-refractivity contribution in [3.05, 3.63) is 0 Å². The molecule has 0 aromatic heterocycles. The number of unbranched alkanes of at least 4 members (excludes halogenated alkanes) is 1. The van der Waals surface area contributed by atoms with Gasteiger partial charge in [-0.2, -0.15) is 0 Å². The number of hydrogen-bond acceptors (Lipinski definition) is 1. The minimum atomic E-state index is 1.00. The summed E-state index contributed by atoms with van der Waals surface area (Å²) in [5.41, 5.74) is 0. The van der Waals surface area contributed by atoms with Crippen LogP contribution in [0, 0.1) is 0 Å². The van der Waals surface area contributed by atoms with Crippen molar-refractivity contribution in [1.29, 1.82) is 0 Å². The van der Waals surface area contributed by atoms with Crippen LogP contribution in [-0.4, -0.2) is 29.5 Å². The maximum atomic E-state index is 5.07. The van der Waals surface area contributed by atoms with E-state index < -0.39 is 0 Å².